The van der Waals surface area contributed by atoms with Crippen LogP contribution in [-0.4, -0.2) is 82.8 Å². The first-order valence-electron chi connectivity index (χ1n) is 12.1. The minimum absolute atomic E-state index is 0. The van der Waals surface area contributed by atoms with Crippen LogP contribution in [0.2, 0.25) is 0 Å². The number of pyridine rings is 1. The molecule has 4 rings (SSSR count). The number of piperazine rings is 1. The van der Waals surface area contributed by atoms with Crippen molar-refractivity contribution in [2.24, 2.45) is 0 Å². The molecule has 35 heavy (non-hydrogen) atoms. The van der Waals surface area contributed by atoms with E-state index in [0.29, 0.717) is 42.1 Å². The van der Waals surface area contributed by atoms with Gasteiger partial charge in [-0.1, -0.05) is 20.4 Å². The number of rotatable bonds is 7. The Labute approximate surface area is 207 Å². The van der Waals surface area contributed by atoms with E-state index in [1.165, 1.54) is 12.1 Å². The van der Waals surface area contributed by atoms with Crippen LogP contribution < -0.4 is 10.2 Å². The first-order valence-corrected chi connectivity index (χ1v) is 12.1. The van der Waals surface area contributed by atoms with Gasteiger partial charge in [-0.05, 0) is 50.1 Å². The lowest BCUT2D eigenvalue weighted by Gasteiger charge is -2.47. The Hall–Kier alpha value is -2.91. The molecule has 1 aliphatic carbocycles. The van der Waals surface area contributed by atoms with Crippen LogP contribution in [0.1, 0.15) is 40.0 Å². The summed E-state index contributed by atoms with van der Waals surface area (Å²) >= 11 is 0. The van der Waals surface area contributed by atoms with Gasteiger partial charge in [0, 0.05) is 50.7 Å². The molecule has 1 aromatic rings. The molecule has 2 aliphatic heterocycles. The molecule has 3 aliphatic rings. The molecule has 0 saturated carbocycles. The maximum absolute atomic E-state index is 14.4. The highest BCUT2D eigenvalue weighted by Gasteiger charge is 2.34. The zero-order chi connectivity index (χ0) is 24.1. The Morgan fingerprint density at radius 2 is 1.97 bits per heavy atom. The summed E-state index contributed by atoms with van der Waals surface area (Å²) in [6.45, 7) is 7.05. The third-order valence-electron chi connectivity index (χ3n) is 7.09. The molecule has 192 valence electrons. The number of carbonyl (C=O) groups excluding carboxylic acids is 1. The van der Waals surface area contributed by atoms with Gasteiger partial charge in [-0.25, -0.2) is 9.37 Å². The number of carbonyl (C=O) groups is 1. The van der Waals surface area contributed by atoms with E-state index in [9.17, 15) is 19.4 Å². The molecule has 2 saturated heterocycles. The Bertz CT molecular complexity index is 972. The minimum atomic E-state index is -0.170. The summed E-state index contributed by atoms with van der Waals surface area (Å²) < 4.78 is 14.4. The number of nitrogens with zero attached hydrogens (tertiary/aromatic N) is 4. The number of anilines is 2. The second-order valence-electron chi connectivity index (χ2n) is 9.18. The van der Waals surface area contributed by atoms with Crippen LogP contribution in [-0.2, 0) is 4.79 Å². The summed E-state index contributed by atoms with van der Waals surface area (Å²) in [5.41, 5.74) is 1.12. The average Bonchev–Trinajstić information content (AvgIpc) is 3.00. The van der Waals surface area contributed by atoms with E-state index in [4.69, 9.17) is 0 Å². The van der Waals surface area contributed by atoms with Crippen molar-refractivity contribution in [3.05, 3.63) is 47.7 Å². The van der Waals surface area contributed by atoms with Crippen LogP contribution in [0.15, 0.2) is 47.7 Å². The Balaban J connectivity index is 0.00000342. The average molecular weight is 488 g/mol. The second-order valence-corrected chi connectivity index (χ2v) is 9.18. The summed E-state index contributed by atoms with van der Waals surface area (Å²) in [4.78, 5) is 22.0. The number of amides is 1. The van der Waals surface area contributed by atoms with Crippen LogP contribution in [0.3, 0.4) is 0 Å². The standard InChI is InChI=1S/C25H34FN5O3.CH4/c1-2-20-16-30(25-24(34)13-19(14-27-25)28-17-32)11-12-31(20)21-7-9-29(10-8-21)15-18-3-4-22(33)5-6-23(18)26;/h3-5,13-14,17,20-21,33-34H,2,6-12,15-16H2,1H3,(H,28,32);1H4. The highest BCUT2D eigenvalue weighted by atomic mass is 19.1. The normalized spacial score (nSPS) is 22.4. The molecule has 0 radical (unpaired) electrons. The van der Waals surface area contributed by atoms with Crippen LogP contribution >= 0.6 is 0 Å². The second kappa shape index (κ2) is 12.2. The van der Waals surface area contributed by atoms with Gasteiger partial charge in [0.1, 0.15) is 11.6 Å². The summed E-state index contributed by atoms with van der Waals surface area (Å²) in [7, 11) is 0. The van der Waals surface area contributed by atoms with Crippen molar-refractivity contribution >= 4 is 17.9 Å². The van der Waals surface area contributed by atoms with Gasteiger partial charge in [-0.3, -0.25) is 14.6 Å². The first kappa shape index (κ1) is 26.7. The lowest BCUT2D eigenvalue weighted by atomic mass is 9.97. The van der Waals surface area contributed by atoms with Crippen molar-refractivity contribution in [2.45, 2.75) is 52.1 Å². The molecule has 0 bridgehead atoms. The van der Waals surface area contributed by atoms with E-state index >= 15 is 0 Å². The maximum Gasteiger partial charge on any atom is 0.211 e. The molecular formula is C26H38FN5O3. The Morgan fingerprint density at radius 3 is 2.66 bits per heavy atom. The molecule has 2 fully saturated rings. The third kappa shape index (κ3) is 6.41. The molecule has 0 aromatic carbocycles. The minimum Gasteiger partial charge on any atom is -0.508 e. The molecule has 1 aromatic heterocycles. The van der Waals surface area contributed by atoms with Gasteiger partial charge in [-0.2, -0.15) is 0 Å². The summed E-state index contributed by atoms with van der Waals surface area (Å²) in [6.07, 6.45) is 10.1. The predicted molar refractivity (Wildman–Crippen MR) is 137 cm³/mol. The highest BCUT2D eigenvalue weighted by Crippen LogP contribution is 2.31. The van der Waals surface area contributed by atoms with Gasteiger partial charge < -0.3 is 20.4 Å². The van der Waals surface area contributed by atoms with Gasteiger partial charge in [0.2, 0.25) is 6.41 Å². The predicted octanol–water partition coefficient (Wildman–Crippen LogP) is 3.98. The van der Waals surface area contributed by atoms with Crippen molar-refractivity contribution in [3.8, 4) is 5.75 Å². The van der Waals surface area contributed by atoms with Crippen molar-refractivity contribution in [1.29, 1.82) is 0 Å². The number of halogens is 1. The van der Waals surface area contributed by atoms with Crippen LogP contribution in [0, 0.1) is 0 Å². The molecule has 1 atom stereocenters. The van der Waals surface area contributed by atoms with Gasteiger partial charge in [0.05, 0.1) is 11.9 Å². The lowest BCUT2D eigenvalue weighted by molar-refractivity contribution is -0.105. The van der Waals surface area contributed by atoms with Gasteiger partial charge in [0.15, 0.2) is 11.6 Å². The van der Waals surface area contributed by atoms with Crippen molar-refractivity contribution < 1.29 is 19.4 Å². The fraction of sp³-hybridized carbons (Fsp3) is 0.538. The van der Waals surface area contributed by atoms with E-state index < -0.39 is 0 Å². The van der Waals surface area contributed by atoms with E-state index in [2.05, 4.69) is 31.9 Å². The fourth-order valence-electron chi connectivity index (χ4n) is 5.20. The maximum atomic E-state index is 14.4. The van der Waals surface area contributed by atoms with Crippen molar-refractivity contribution in [1.82, 2.24) is 14.8 Å². The summed E-state index contributed by atoms with van der Waals surface area (Å²) in [5.74, 6) is 0.569. The molecule has 3 heterocycles. The Morgan fingerprint density at radius 1 is 1.20 bits per heavy atom. The smallest absolute Gasteiger partial charge is 0.211 e. The highest BCUT2D eigenvalue weighted by molar-refractivity contribution is 5.73. The zero-order valence-electron chi connectivity index (χ0n) is 19.7. The molecule has 3 N–H and O–H groups in total. The van der Waals surface area contributed by atoms with Gasteiger partial charge in [-0.15, -0.1) is 0 Å². The number of aliphatic hydroxyl groups is 1. The number of nitrogens with one attached hydrogen (secondary N) is 1. The number of piperidine rings is 1. The lowest BCUT2D eigenvalue weighted by Crippen LogP contribution is -2.58. The monoisotopic (exact) mass is 487 g/mol. The zero-order valence-corrected chi connectivity index (χ0v) is 19.7. The molecule has 0 spiro atoms. The number of hydrogen-bond acceptors (Lipinski definition) is 7. The Kier molecular flexibility index (Phi) is 9.28. The largest absolute Gasteiger partial charge is 0.508 e. The van der Waals surface area contributed by atoms with Crippen LogP contribution in [0.5, 0.6) is 5.75 Å². The van der Waals surface area contributed by atoms with Crippen LogP contribution in [0.25, 0.3) is 0 Å². The summed E-state index contributed by atoms with van der Waals surface area (Å²) in [6, 6.07) is 2.37. The fourth-order valence-corrected chi connectivity index (χ4v) is 5.20. The van der Waals surface area contributed by atoms with Crippen molar-refractivity contribution in [3.63, 3.8) is 0 Å². The van der Waals surface area contributed by atoms with Crippen LogP contribution in [0.4, 0.5) is 15.9 Å². The van der Waals surface area contributed by atoms with E-state index in [1.807, 2.05) is 0 Å². The molecular weight excluding hydrogens is 449 g/mol. The number of likely N-dealkylation sites (tertiary alicyclic amines) is 1. The summed E-state index contributed by atoms with van der Waals surface area (Å²) in [5, 5.41) is 22.6. The molecule has 9 heteroatoms. The van der Waals surface area contributed by atoms with Gasteiger partial charge in [0.25, 0.3) is 0 Å². The van der Waals surface area contributed by atoms with E-state index in [-0.39, 0.29) is 31.2 Å². The topological polar surface area (TPSA) is 92.2 Å². The SMILES string of the molecule is C.CCC1CN(c2ncc(NC=O)cc2O)CCN1C1CCN(CC2=C(F)CC=C(O)C=C2)CC1. The van der Waals surface area contributed by atoms with Gasteiger partial charge >= 0.3 is 0 Å². The number of allylic oxidation sites excluding steroid dienone is 3. The molecule has 8 nitrogen and oxygen atoms in total. The molecule has 1 amide bonds. The van der Waals surface area contributed by atoms with Crippen molar-refractivity contribution in [2.75, 3.05) is 49.5 Å². The number of aromatic nitrogens is 1. The van der Waals surface area contributed by atoms with E-state index in [1.54, 1.807) is 18.3 Å². The number of aromatic hydroxyl groups is 1. The number of aliphatic hydroxyl groups excluding tert-OH is 1. The first-order chi connectivity index (χ1) is 16.5. The quantitative estimate of drug-likeness (QED) is 0.501. The van der Waals surface area contributed by atoms with E-state index in [0.717, 1.165) is 52.0 Å². The molecule has 1 unspecified atom stereocenters. The number of hydrogen-bond donors (Lipinski definition) is 3. The third-order valence-corrected chi connectivity index (χ3v) is 7.09.